The highest BCUT2D eigenvalue weighted by Crippen LogP contribution is 2.23. The number of aromatic nitrogens is 2. The van der Waals surface area contributed by atoms with Crippen molar-refractivity contribution in [2.75, 3.05) is 13.4 Å². The number of carbonyl (C=O) groups is 2. The predicted molar refractivity (Wildman–Crippen MR) is 98.1 cm³/mol. The van der Waals surface area contributed by atoms with Gasteiger partial charge >= 0.3 is 11.9 Å². The molecule has 7 heteroatoms. The molecule has 0 radical (unpaired) electrons. The van der Waals surface area contributed by atoms with Crippen molar-refractivity contribution in [3.8, 4) is 11.4 Å². The van der Waals surface area contributed by atoms with E-state index in [0.717, 1.165) is 5.69 Å². The third-order valence-electron chi connectivity index (χ3n) is 3.62. The molecule has 26 heavy (non-hydrogen) atoms. The lowest BCUT2D eigenvalue weighted by Gasteiger charge is -2.10. The molecule has 3 rings (SSSR count). The first-order valence-electron chi connectivity index (χ1n) is 7.71. The van der Waals surface area contributed by atoms with Crippen LogP contribution < -0.4 is 4.74 Å². The molecular weight excluding hydrogens is 352 g/mol. The third kappa shape index (κ3) is 3.62. The molecule has 0 fully saturated rings. The highest BCUT2D eigenvalue weighted by Gasteiger charge is 2.19. The van der Waals surface area contributed by atoms with Crippen LogP contribution in [0.2, 0.25) is 0 Å². The van der Waals surface area contributed by atoms with Crippen LogP contribution in [0.4, 0.5) is 0 Å². The molecule has 1 heterocycles. The van der Waals surface area contributed by atoms with Gasteiger partial charge < -0.3 is 9.47 Å². The largest absolute Gasteiger partial charge is 0.465 e. The highest BCUT2D eigenvalue weighted by molar-refractivity contribution is 7.98. The number of nitrogens with zero attached hydrogens (tertiary/aromatic N) is 2. The van der Waals surface area contributed by atoms with Crippen LogP contribution in [0.25, 0.3) is 5.69 Å². The Morgan fingerprint density at radius 1 is 1.00 bits per heavy atom. The molecule has 0 bridgehead atoms. The number of rotatable bonds is 5. The van der Waals surface area contributed by atoms with Crippen molar-refractivity contribution >= 4 is 23.7 Å². The van der Waals surface area contributed by atoms with Crippen LogP contribution in [0.15, 0.2) is 66.0 Å². The van der Waals surface area contributed by atoms with Gasteiger partial charge in [0.2, 0.25) is 0 Å². The lowest BCUT2D eigenvalue weighted by Crippen LogP contribution is -2.14. The normalized spacial score (nSPS) is 10.4. The van der Waals surface area contributed by atoms with E-state index in [1.165, 1.54) is 37.2 Å². The predicted octanol–water partition coefficient (Wildman–Crippen LogP) is 3.60. The molecule has 0 aliphatic heterocycles. The number of thioether (sulfide) groups is 1. The summed E-state index contributed by atoms with van der Waals surface area (Å²) < 4.78 is 11.8. The molecule has 0 saturated heterocycles. The van der Waals surface area contributed by atoms with Crippen molar-refractivity contribution in [3.63, 3.8) is 0 Å². The van der Waals surface area contributed by atoms with Crippen LogP contribution in [-0.4, -0.2) is 34.9 Å². The van der Waals surface area contributed by atoms with E-state index < -0.39 is 11.9 Å². The van der Waals surface area contributed by atoms with Gasteiger partial charge in [-0.25, -0.2) is 14.6 Å². The first-order chi connectivity index (χ1) is 12.6. The number of hydrogen-bond acceptors (Lipinski definition) is 6. The number of imidazole rings is 1. The zero-order valence-corrected chi connectivity index (χ0v) is 15.0. The van der Waals surface area contributed by atoms with Crippen molar-refractivity contribution in [1.29, 1.82) is 0 Å². The smallest absolute Gasteiger partial charge is 0.362 e. The van der Waals surface area contributed by atoms with Crippen molar-refractivity contribution in [2.45, 2.75) is 5.16 Å². The average molecular weight is 368 g/mol. The molecule has 0 amide bonds. The lowest BCUT2D eigenvalue weighted by atomic mass is 10.2. The van der Waals surface area contributed by atoms with Gasteiger partial charge in [-0.2, -0.15) is 0 Å². The molecule has 6 nitrogen and oxygen atoms in total. The van der Waals surface area contributed by atoms with Gasteiger partial charge in [-0.1, -0.05) is 30.0 Å². The molecule has 1 aromatic heterocycles. The van der Waals surface area contributed by atoms with Gasteiger partial charge in [0.25, 0.3) is 0 Å². The standard InChI is InChI=1S/C19H16N2O4S/c1-24-17(22)13-8-10-15(11-9-13)25-18(23)16-12-20-19(26-2)21(16)14-6-4-3-5-7-14/h3-12H,1-2H3. The molecule has 3 aromatic rings. The zero-order valence-electron chi connectivity index (χ0n) is 14.2. The van der Waals surface area contributed by atoms with Crippen molar-refractivity contribution in [2.24, 2.45) is 0 Å². The second kappa shape index (κ2) is 7.88. The Hall–Kier alpha value is -3.06. The SMILES string of the molecule is COC(=O)c1ccc(OC(=O)c2cnc(SC)n2-c2ccccc2)cc1. The van der Waals surface area contributed by atoms with Gasteiger partial charge in [0.1, 0.15) is 5.75 Å². The Kier molecular flexibility index (Phi) is 5.38. The van der Waals surface area contributed by atoms with E-state index in [1.807, 2.05) is 36.6 Å². The van der Waals surface area contributed by atoms with Gasteiger partial charge in [0.15, 0.2) is 10.9 Å². The van der Waals surface area contributed by atoms with Gasteiger partial charge in [-0.15, -0.1) is 0 Å². The summed E-state index contributed by atoms with van der Waals surface area (Å²) >= 11 is 1.44. The maximum absolute atomic E-state index is 12.6. The number of carbonyl (C=O) groups excluding carboxylic acids is 2. The molecule has 0 aliphatic rings. The minimum atomic E-state index is -0.535. The highest BCUT2D eigenvalue weighted by atomic mass is 32.2. The number of hydrogen-bond donors (Lipinski definition) is 0. The minimum Gasteiger partial charge on any atom is -0.465 e. The monoisotopic (exact) mass is 368 g/mol. The van der Waals surface area contributed by atoms with E-state index in [2.05, 4.69) is 9.72 Å². The van der Waals surface area contributed by atoms with Crippen LogP contribution in [0.5, 0.6) is 5.75 Å². The fourth-order valence-corrected chi connectivity index (χ4v) is 2.93. The van der Waals surface area contributed by atoms with Gasteiger partial charge in [0.05, 0.1) is 18.9 Å². The topological polar surface area (TPSA) is 70.4 Å². The van der Waals surface area contributed by atoms with E-state index in [4.69, 9.17) is 4.74 Å². The molecular formula is C19H16N2O4S. The third-order valence-corrected chi connectivity index (χ3v) is 4.27. The summed E-state index contributed by atoms with van der Waals surface area (Å²) in [5, 5.41) is 0.684. The zero-order chi connectivity index (χ0) is 18.5. The van der Waals surface area contributed by atoms with E-state index in [-0.39, 0.29) is 0 Å². The molecule has 0 unspecified atom stereocenters. The second-order valence-electron chi connectivity index (χ2n) is 5.21. The summed E-state index contributed by atoms with van der Waals surface area (Å²) in [5.74, 6) is -0.656. The summed E-state index contributed by atoms with van der Waals surface area (Å²) in [6.45, 7) is 0. The van der Waals surface area contributed by atoms with Gasteiger partial charge in [-0.05, 0) is 42.7 Å². The Morgan fingerprint density at radius 3 is 2.31 bits per heavy atom. The van der Waals surface area contributed by atoms with Gasteiger partial charge in [0, 0.05) is 5.69 Å². The summed E-state index contributed by atoms with van der Waals surface area (Å²) in [4.78, 5) is 28.4. The molecule has 0 atom stereocenters. The van der Waals surface area contributed by atoms with Gasteiger partial charge in [-0.3, -0.25) is 4.57 Å². The van der Waals surface area contributed by atoms with Crippen LogP contribution in [0.1, 0.15) is 20.8 Å². The van der Waals surface area contributed by atoms with E-state index in [1.54, 1.807) is 16.7 Å². The number of benzene rings is 2. The molecule has 132 valence electrons. The lowest BCUT2D eigenvalue weighted by molar-refractivity contribution is 0.0600. The fourth-order valence-electron chi connectivity index (χ4n) is 2.39. The molecule has 2 aromatic carbocycles. The first kappa shape index (κ1) is 17.8. The molecule has 0 spiro atoms. The number of ether oxygens (including phenoxy) is 2. The quantitative estimate of drug-likeness (QED) is 0.389. The average Bonchev–Trinajstić information content (AvgIpc) is 3.13. The van der Waals surface area contributed by atoms with E-state index in [9.17, 15) is 9.59 Å². The van der Waals surface area contributed by atoms with Crippen LogP contribution in [-0.2, 0) is 4.74 Å². The summed E-state index contributed by atoms with van der Waals surface area (Å²) in [5.41, 5.74) is 1.52. The van der Waals surface area contributed by atoms with Crippen LogP contribution in [0.3, 0.4) is 0 Å². The summed E-state index contributed by atoms with van der Waals surface area (Å²) in [6, 6.07) is 15.6. The molecule has 0 aliphatic carbocycles. The second-order valence-corrected chi connectivity index (χ2v) is 5.98. The molecule has 0 saturated carbocycles. The molecule has 0 N–H and O–H groups in total. The Morgan fingerprint density at radius 2 is 1.69 bits per heavy atom. The number of esters is 2. The maximum Gasteiger partial charge on any atom is 0.362 e. The minimum absolute atomic E-state index is 0.317. The van der Waals surface area contributed by atoms with Crippen molar-refractivity contribution in [1.82, 2.24) is 9.55 Å². The Bertz CT molecular complexity index is 920. The van der Waals surface area contributed by atoms with Crippen LogP contribution in [0, 0.1) is 0 Å². The van der Waals surface area contributed by atoms with Crippen molar-refractivity contribution < 1.29 is 19.1 Å². The van der Waals surface area contributed by atoms with E-state index in [0.29, 0.717) is 22.2 Å². The fraction of sp³-hybridized carbons (Fsp3) is 0.105. The number of para-hydroxylation sites is 1. The Labute approximate surface area is 154 Å². The van der Waals surface area contributed by atoms with Crippen LogP contribution >= 0.6 is 11.8 Å². The first-order valence-corrected chi connectivity index (χ1v) is 8.94. The van der Waals surface area contributed by atoms with E-state index >= 15 is 0 Å². The number of methoxy groups -OCH3 is 1. The Balaban J connectivity index is 1.87. The summed E-state index contributed by atoms with van der Waals surface area (Å²) in [7, 11) is 1.31. The van der Waals surface area contributed by atoms with Crippen molar-refractivity contribution in [3.05, 3.63) is 72.1 Å². The maximum atomic E-state index is 12.6. The summed E-state index contributed by atoms with van der Waals surface area (Å²) in [6.07, 6.45) is 3.38.